The molecule has 0 bridgehead atoms. The predicted octanol–water partition coefficient (Wildman–Crippen LogP) is 2.20. The number of carbonyl (C=O) groups is 1. The fraction of sp³-hybridized carbons (Fsp3) is 0.969. The molecule has 0 heterocycles. The first-order valence-corrected chi connectivity index (χ1v) is 18.2. The third-order valence-corrected chi connectivity index (χ3v) is 13.5. The Balaban J connectivity index is 1.27. The Morgan fingerprint density at radius 3 is 2.42 bits per heavy atom. The number of hydrogen-bond donors (Lipinski definition) is 6. The highest BCUT2D eigenvalue weighted by Gasteiger charge is 2.65. The molecule has 11 heteroatoms. The molecular weight excluding hydrogens is 572 g/mol. The summed E-state index contributed by atoms with van der Waals surface area (Å²) in [6.07, 6.45) is 5.56. The van der Waals surface area contributed by atoms with Crippen molar-refractivity contribution in [3.8, 4) is 0 Å². The first-order valence-electron chi connectivity index (χ1n) is 16.6. The zero-order valence-electron chi connectivity index (χ0n) is 27.0. The highest BCUT2D eigenvalue weighted by atomic mass is 32.2. The number of amides is 1. The molecule has 0 aromatic rings. The van der Waals surface area contributed by atoms with E-state index in [0.29, 0.717) is 48.7 Å². The minimum atomic E-state index is -4.23. The molecule has 4 aliphatic rings. The Morgan fingerprint density at radius 1 is 1.05 bits per heavy atom. The molecule has 0 spiro atoms. The van der Waals surface area contributed by atoms with E-state index in [9.17, 15) is 33.6 Å². The molecule has 0 aliphatic heterocycles. The van der Waals surface area contributed by atoms with E-state index in [1.807, 2.05) is 14.1 Å². The lowest BCUT2D eigenvalue weighted by molar-refractivity contribution is -0.893. The lowest BCUT2D eigenvalue weighted by atomic mass is 9.43. The summed E-state index contributed by atoms with van der Waals surface area (Å²) in [5.41, 5.74) is -0.222. The number of nitrogens with one attached hydrogen (secondary N) is 1. The summed E-state index contributed by atoms with van der Waals surface area (Å²) in [4.78, 5) is 12.7. The summed E-state index contributed by atoms with van der Waals surface area (Å²) >= 11 is 0. The zero-order valence-corrected chi connectivity index (χ0v) is 27.8. The Labute approximate surface area is 259 Å². The molecule has 10 nitrogen and oxygen atoms in total. The molecule has 1 amide bonds. The van der Waals surface area contributed by atoms with Crippen molar-refractivity contribution in [2.45, 2.75) is 109 Å². The maximum absolute atomic E-state index is 12.7. The zero-order chi connectivity index (χ0) is 32.0. The second kappa shape index (κ2) is 13.1. The first-order chi connectivity index (χ1) is 19.9. The largest absolute Gasteiger partial charge is 0.393 e. The van der Waals surface area contributed by atoms with Crippen molar-refractivity contribution >= 4 is 16.0 Å². The normalized spacial score (nSPS) is 41.1. The number of aliphatic hydroxyl groups is 4. The van der Waals surface area contributed by atoms with Crippen LogP contribution in [0, 0.1) is 46.3 Å². The molecule has 6 N–H and O–H groups in total. The van der Waals surface area contributed by atoms with Gasteiger partial charge in [0.15, 0.2) is 0 Å². The molecule has 10 unspecified atom stereocenters. The lowest BCUT2D eigenvalue weighted by Crippen LogP contribution is -2.62. The number of aliphatic hydroxyl groups excluding tert-OH is 4. The average molecular weight is 632 g/mol. The maximum atomic E-state index is 12.7. The van der Waals surface area contributed by atoms with Gasteiger partial charge in [-0.05, 0) is 97.7 Å². The smallest absolute Gasteiger partial charge is 0.267 e. The van der Waals surface area contributed by atoms with Crippen molar-refractivity contribution in [1.82, 2.24) is 5.32 Å². The highest BCUT2D eigenvalue weighted by Crippen LogP contribution is 2.68. The van der Waals surface area contributed by atoms with Gasteiger partial charge in [0.05, 0.1) is 39.0 Å². The number of quaternary nitrogens is 1. The van der Waals surface area contributed by atoms with Crippen molar-refractivity contribution in [1.29, 1.82) is 0 Å². The highest BCUT2D eigenvalue weighted by molar-refractivity contribution is 7.85. The number of hydrogen-bond acceptors (Lipinski definition) is 7. The van der Waals surface area contributed by atoms with Crippen molar-refractivity contribution in [3.63, 3.8) is 0 Å². The van der Waals surface area contributed by atoms with Gasteiger partial charge in [-0.25, -0.2) is 0 Å². The van der Waals surface area contributed by atoms with Crippen LogP contribution in [0.4, 0.5) is 0 Å². The molecule has 0 aromatic carbocycles. The molecule has 4 saturated carbocycles. The number of likely N-dealkylation sites (N-methyl/N-ethyl adjacent to an activating group) is 1. The van der Waals surface area contributed by atoms with Gasteiger partial charge in [-0.3, -0.25) is 9.35 Å². The molecule has 0 radical (unpaired) electrons. The van der Waals surface area contributed by atoms with E-state index < -0.39 is 28.1 Å². The molecule has 250 valence electrons. The van der Waals surface area contributed by atoms with Crippen LogP contribution in [0.15, 0.2) is 0 Å². The van der Waals surface area contributed by atoms with E-state index in [-0.39, 0.29) is 59.2 Å². The minimum Gasteiger partial charge on any atom is -0.393 e. The number of rotatable bonds is 12. The van der Waals surface area contributed by atoms with Gasteiger partial charge < -0.3 is 30.2 Å². The van der Waals surface area contributed by atoms with E-state index in [4.69, 9.17) is 4.55 Å². The Morgan fingerprint density at radius 2 is 1.74 bits per heavy atom. The molecular formula is C32H59N2O8S+. The molecule has 0 aromatic heterocycles. The third-order valence-electron chi connectivity index (χ3n) is 12.7. The van der Waals surface area contributed by atoms with Crippen LogP contribution in [0.2, 0.25) is 0 Å². The Kier molecular flexibility index (Phi) is 10.7. The van der Waals surface area contributed by atoms with Crippen LogP contribution in [0.3, 0.4) is 0 Å². The predicted molar refractivity (Wildman–Crippen MR) is 164 cm³/mol. The molecule has 43 heavy (non-hydrogen) atoms. The summed E-state index contributed by atoms with van der Waals surface area (Å²) in [5, 5.41) is 46.5. The molecule has 12 atom stereocenters. The van der Waals surface area contributed by atoms with Gasteiger partial charge in [0.25, 0.3) is 10.1 Å². The number of fused-ring (bicyclic) bond motifs is 5. The van der Waals surface area contributed by atoms with Gasteiger partial charge in [-0.15, -0.1) is 0 Å². The summed E-state index contributed by atoms with van der Waals surface area (Å²) in [5.74, 6) is 0.890. The van der Waals surface area contributed by atoms with Crippen molar-refractivity contribution in [2.75, 3.05) is 39.5 Å². The summed E-state index contributed by atoms with van der Waals surface area (Å²) in [7, 11) is -0.484. The third kappa shape index (κ3) is 7.60. The monoisotopic (exact) mass is 631 g/mol. The summed E-state index contributed by atoms with van der Waals surface area (Å²) in [6, 6.07) is 0. The minimum absolute atomic E-state index is 0.00585. The van der Waals surface area contributed by atoms with Gasteiger partial charge >= 0.3 is 0 Å². The van der Waals surface area contributed by atoms with Crippen LogP contribution >= 0.6 is 0 Å². The van der Waals surface area contributed by atoms with E-state index in [1.165, 1.54) is 0 Å². The van der Waals surface area contributed by atoms with Crippen LogP contribution < -0.4 is 5.32 Å². The maximum Gasteiger partial charge on any atom is 0.267 e. The summed E-state index contributed by atoms with van der Waals surface area (Å²) in [6.45, 7) is 8.10. The van der Waals surface area contributed by atoms with Crippen molar-refractivity contribution in [3.05, 3.63) is 0 Å². The number of nitrogens with zero attached hydrogens (tertiary/aromatic N) is 1. The van der Waals surface area contributed by atoms with Gasteiger partial charge in [-0.2, -0.15) is 8.42 Å². The summed E-state index contributed by atoms with van der Waals surface area (Å²) < 4.78 is 31.3. The topological polar surface area (TPSA) is 164 Å². The molecule has 0 saturated heterocycles. The lowest BCUT2D eigenvalue weighted by Gasteiger charge is -2.63. The van der Waals surface area contributed by atoms with Crippen LogP contribution in [-0.2, 0) is 14.9 Å². The second-order valence-corrected chi connectivity index (χ2v) is 17.5. The van der Waals surface area contributed by atoms with E-state index >= 15 is 0 Å². The Hall–Kier alpha value is -0.820. The standard InChI is InChI=1S/C32H58N2O8S/c1-20(7-10-29(39)33-13-6-14-34(4,5)18-23(36)19-43(40,41)42)24-8-9-25-30-26(17-28(38)32(24,25)3)31(2)12-11-22(35)15-21(31)16-27(30)37/h20-28,30,35-38H,6-19H2,1-5H3,(H-,33,39,40,41,42)/p+1/t20?,21?,22?,23?,24?,25?,26?,27?,28?,30?,31-,32+/m0/s1. The van der Waals surface area contributed by atoms with Gasteiger partial charge in [-0.1, -0.05) is 20.8 Å². The fourth-order valence-electron chi connectivity index (χ4n) is 10.5. The quantitative estimate of drug-likeness (QED) is 0.108. The Bertz CT molecular complexity index is 1090. The second-order valence-electron chi connectivity index (χ2n) is 16.0. The van der Waals surface area contributed by atoms with Gasteiger partial charge in [0.2, 0.25) is 5.91 Å². The van der Waals surface area contributed by atoms with Crippen molar-refractivity contribution in [2.24, 2.45) is 46.3 Å². The number of carbonyl (C=O) groups excluding carboxylic acids is 1. The van der Waals surface area contributed by atoms with Gasteiger partial charge in [0, 0.05) is 19.4 Å². The van der Waals surface area contributed by atoms with Crippen LogP contribution in [0.1, 0.15) is 85.0 Å². The van der Waals surface area contributed by atoms with E-state index in [2.05, 4.69) is 26.1 Å². The molecule has 4 rings (SSSR count). The van der Waals surface area contributed by atoms with Crippen molar-refractivity contribution < 1.29 is 42.7 Å². The van der Waals surface area contributed by atoms with Crippen LogP contribution in [-0.4, -0.2) is 108 Å². The van der Waals surface area contributed by atoms with Crippen LogP contribution in [0.5, 0.6) is 0 Å². The average Bonchev–Trinajstić information content (AvgIpc) is 3.24. The molecule has 4 fully saturated rings. The molecule has 4 aliphatic carbocycles. The van der Waals surface area contributed by atoms with Crippen LogP contribution in [0.25, 0.3) is 0 Å². The van der Waals surface area contributed by atoms with Gasteiger partial charge in [0.1, 0.15) is 18.4 Å². The first kappa shape index (κ1) is 35.0. The van der Waals surface area contributed by atoms with E-state index in [0.717, 1.165) is 44.9 Å². The van der Waals surface area contributed by atoms with E-state index in [1.54, 1.807) is 0 Å². The fourth-order valence-corrected chi connectivity index (χ4v) is 11.1. The SMILES string of the molecule is CC(CCC(=O)NCCC[N+](C)(C)CC(O)CS(=O)(=O)O)C1CCC2C3C(O)CC4CC(O)CC[C@]4(C)C3CC(O)[C@]12C.